The van der Waals surface area contributed by atoms with Crippen molar-refractivity contribution < 1.29 is 14.3 Å². The molecule has 1 amide bonds. The Labute approximate surface area is 146 Å². The number of hydrogen-bond acceptors (Lipinski definition) is 6. The van der Waals surface area contributed by atoms with Gasteiger partial charge in [0.2, 0.25) is 5.91 Å². The smallest absolute Gasteiger partial charge is 0.314 e. The maximum absolute atomic E-state index is 12.8. The van der Waals surface area contributed by atoms with Crippen molar-refractivity contribution in [1.29, 1.82) is 0 Å². The highest BCUT2D eigenvalue weighted by Crippen LogP contribution is 2.44. The molecule has 0 unspecified atom stereocenters. The van der Waals surface area contributed by atoms with Crippen molar-refractivity contribution in [2.45, 2.75) is 33.2 Å². The summed E-state index contributed by atoms with van der Waals surface area (Å²) in [6, 6.07) is 0. The summed E-state index contributed by atoms with van der Waals surface area (Å²) in [7, 11) is 0. The summed E-state index contributed by atoms with van der Waals surface area (Å²) in [5.41, 5.74) is -0.542. The summed E-state index contributed by atoms with van der Waals surface area (Å²) >= 11 is 1.66. The number of rotatable bonds is 4. The third kappa shape index (κ3) is 3.32. The van der Waals surface area contributed by atoms with Crippen molar-refractivity contribution in [3.63, 3.8) is 0 Å². The lowest BCUT2D eigenvalue weighted by molar-refractivity contribution is -0.157. The Balaban J connectivity index is 1.80. The lowest BCUT2D eigenvalue weighted by atomic mass is 9.75. The van der Waals surface area contributed by atoms with Gasteiger partial charge in [-0.05, 0) is 26.3 Å². The fourth-order valence-electron chi connectivity index (χ4n) is 4.03. The van der Waals surface area contributed by atoms with Crippen LogP contribution in [0.4, 0.5) is 0 Å². The average Bonchev–Trinajstić information content (AvgIpc) is 3.13. The van der Waals surface area contributed by atoms with Gasteiger partial charge in [0.25, 0.3) is 0 Å². The number of carbonyl (C=O) groups excluding carboxylic acids is 2. The third-order valence-electron chi connectivity index (χ3n) is 5.24. The van der Waals surface area contributed by atoms with Crippen LogP contribution in [-0.2, 0) is 20.9 Å². The maximum atomic E-state index is 12.8. The van der Waals surface area contributed by atoms with Gasteiger partial charge < -0.3 is 9.64 Å². The molecule has 2 atom stereocenters. The highest BCUT2D eigenvalue weighted by atomic mass is 32.1. The van der Waals surface area contributed by atoms with Crippen LogP contribution < -0.4 is 0 Å². The predicted octanol–water partition coefficient (Wildman–Crippen LogP) is 1.77. The van der Waals surface area contributed by atoms with E-state index in [0.29, 0.717) is 19.7 Å². The molecule has 2 aliphatic rings. The summed E-state index contributed by atoms with van der Waals surface area (Å²) in [6.07, 6.45) is 3.55. The van der Waals surface area contributed by atoms with E-state index < -0.39 is 5.41 Å². The molecular weight excluding hydrogens is 326 g/mol. The quantitative estimate of drug-likeness (QED) is 0.774. The summed E-state index contributed by atoms with van der Waals surface area (Å²) in [6.45, 7) is 7.52. The molecule has 24 heavy (non-hydrogen) atoms. The zero-order valence-corrected chi connectivity index (χ0v) is 15.2. The Hall–Kier alpha value is -1.47. The van der Waals surface area contributed by atoms with Crippen LogP contribution in [0, 0.1) is 11.3 Å². The van der Waals surface area contributed by atoms with Crippen LogP contribution in [0.25, 0.3) is 0 Å². The van der Waals surface area contributed by atoms with Crippen LogP contribution in [0.5, 0.6) is 0 Å². The molecule has 0 aliphatic carbocycles. The SMILES string of the molecule is CCOC(=O)[C@@]12CCCN(Cc3nccs3)C[C@@H]1CN(C(C)=O)C2. The fourth-order valence-corrected chi connectivity index (χ4v) is 4.68. The van der Waals surface area contributed by atoms with E-state index in [0.717, 1.165) is 37.5 Å². The number of amides is 1. The first kappa shape index (κ1) is 17.4. The molecule has 0 radical (unpaired) electrons. The highest BCUT2D eigenvalue weighted by molar-refractivity contribution is 7.09. The van der Waals surface area contributed by atoms with E-state index in [9.17, 15) is 9.59 Å². The maximum Gasteiger partial charge on any atom is 0.314 e. The minimum atomic E-state index is -0.542. The molecule has 3 rings (SSSR count). The van der Waals surface area contributed by atoms with Gasteiger partial charge in [0.15, 0.2) is 0 Å². The molecule has 0 saturated carbocycles. The lowest BCUT2D eigenvalue weighted by Gasteiger charge is -2.31. The molecule has 6 nitrogen and oxygen atoms in total. The Morgan fingerprint density at radius 3 is 2.96 bits per heavy atom. The molecule has 0 N–H and O–H groups in total. The molecular formula is C17H25N3O3S. The first-order valence-electron chi connectivity index (χ1n) is 8.58. The molecule has 2 aliphatic heterocycles. The van der Waals surface area contributed by atoms with Crippen molar-refractivity contribution in [3.05, 3.63) is 16.6 Å². The van der Waals surface area contributed by atoms with Crippen LogP contribution in [-0.4, -0.2) is 59.4 Å². The van der Waals surface area contributed by atoms with Gasteiger partial charge in [-0.3, -0.25) is 14.5 Å². The Kier molecular flexibility index (Phi) is 5.20. The van der Waals surface area contributed by atoms with Crippen molar-refractivity contribution >= 4 is 23.2 Å². The predicted molar refractivity (Wildman–Crippen MR) is 91.4 cm³/mol. The van der Waals surface area contributed by atoms with Crippen molar-refractivity contribution in [2.75, 3.05) is 32.8 Å². The molecule has 7 heteroatoms. The number of likely N-dealkylation sites (tertiary alicyclic amines) is 2. The Morgan fingerprint density at radius 1 is 1.46 bits per heavy atom. The topological polar surface area (TPSA) is 62.7 Å². The number of carbonyl (C=O) groups is 2. The summed E-state index contributed by atoms with van der Waals surface area (Å²) in [5.74, 6) is 0.0379. The fraction of sp³-hybridized carbons (Fsp3) is 0.706. The standard InChI is InChI=1S/C17H25N3O3S/c1-3-23-16(22)17-5-4-7-19(11-15-18-6-8-24-15)9-14(17)10-20(12-17)13(2)21/h6,8,14H,3-5,7,9-12H2,1-2H3/t14-,17-/m1/s1. The number of aromatic nitrogens is 1. The number of ether oxygens (including phenoxy) is 1. The normalized spacial score (nSPS) is 27.6. The van der Waals surface area contributed by atoms with Gasteiger partial charge in [0.05, 0.1) is 18.6 Å². The van der Waals surface area contributed by atoms with E-state index >= 15 is 0 Å². The minimum Gasteiger partial charge on any atom is -0.466 e. The number of thiazole rings is 1. The van der Waals surface area contributed by atoms with E-state index in [1.54, 1.807) is 18.3 Å². The van der Waals surface area contributed by atoms with E-state index in [1.807, 2.05) is 23.4 Å². The summed E-state index contributed by atoms with van der Waals surface area (Å²) in [4.78, 5) is 33.2. The van der Waals surface area contributed by atoms with Gasteiger partial charge >= 0.3 is 5.97 Å². The number of hydrogen-bond donors (Lipinski definition) is 0. The molecule has 0 bridgehead atoms. The zero-order valence-electron chi connectivity index (χ0n) is 14.4. The Morgan fingerprint density at radius 2 is 2.29 bits per heavy atom. The average molecular weight is 351 g/mol. The van der Waals surface area contributed by atoms with E-state index in [1.165, 1.54) is 0 Å². The van der Waals surface area contributed by atoms with Crippen LogP contribution in [0.1, 0.15) is 31.7 Å². The van der Waals surface area contributed by atoms with E-state index in [4.69, 9.17) is 4.74 Å². The van der Waals surface area contributed by atoms with Gasteiger partial charge in [-0.2, -0.15) is 0 Å². The van der Waals surface area contributed by atoms with Gasteiger partial charge in [-0.1, -0.05) is 0 Å². The van der Waals surface area contributed by atoms with Crippen molar-refractivity contribution in [3.8, 4) is 0 Å². The second-order valence-electron chi connectivity index (χ2n) is 6.74. The molecule has 0 spiro atoms. The second-order valence-corrected chi connectivity index (χ2v) is 7.72. The lowest BCUT2D eigenvalue weighted by Crippen LogP contribution is -2.42. The van der Waals surface area contributed by atoms with Crippen LogP contribution in [0.2, 0.25) is 0 Å². The third-order valence-corrected chi connectivity index (χ3v) is 6.01. The molecule has 1 aromatic rings. The zero-order chi connectivity index (χ0) is 17.2. The van der Waals surface area contributed by atoms with Crippen LogP contribution >= 0.6 is 11.3 Å². The highest BCUT2D eigenvalue weighted by Gasteiger charge is 2.54. The molecule has 3 heterocycles. The Bertz CT molecular complexity index is 592. The minimum absolute atomic E-state index is 0.0400. The van der Waals surface area contributed by atoms with Gasteiger partial charge in [-0.15, -0.1) is 11.3 Å². The van der Waals surface area contributed by atoms with Gasteiger partial charge in [-0.25, -0.2) is 4.98 Å². The molecule has 132 valence electrons. The van der Waals surface area contributed by atoms with E-state index in [-0.39, 0.29) is 17.8 Å². The summed E-state index contributed by atoms with van der Waals surface area (Å²) < 4.78 is 5.41. The van der Waals surface area contributed by atoms with Crippen molar-refractivity contribution in [1.82, 2.24) is 14.8 Å². The van der Waals surface area contributed by atoms with Crippen LogP contribution in [0.15, 0.2) is 11.6 Å². The van der Waals surface area contributed by atoms with Gasteiger partial charge in [0, 0.05) is 44.1 Å². The number of nitrogens with zero attached hydrogens (tertiary/aromatic N) is 3. The first-order chi connectivity index (χ1) is 11.5. The number of fused-ring (bicyclic) bond motifs is 1. The monoisotopic (exact) mass is 351 g/mol. The van der Waals surface area contributed by atoms with E-state index in [2.05, 4.69) is 9.88 Å². The van der Waals surface area contributed by atoms with Crippen LogP contribution in [0.3, 0.4) is 0 Å². The first-order valence-corrected chi connectivity index (χ1v) is 9.46. The largest absolute Gasteiger partial charge is 0.466 e. The summed E-state index contributed by atoms with van der Waals surface area (Å²) in [5, 5.41) is 3.09. The van der Waals surface area contributed by atoms with Gasteiger partial charge in [0.1, 0.15) is 5.01 Å². The van der Waals surface area contributed by atoms with Crippen molar-refractivity contribution in [2.24, 2.45) is 11.3 Å². The second kappa shape index (κ2) is 7.19. The number of esters is 1. The molecule has 2 fully saturated rings. The molecule has 0 aromatic carbocycles. The molecule has 2 saturated heterocycles. The molecule has 1 aromatic heterocycles.